The Hall–Kier alpha value is -2.50. The summed E-state index contributed by atoms with van der Waals surface area (Å²) in [5, 5.41) is 8.10. The number of aromatic nitrogens is 5. The third kappa shape index (κ3) is 1.28. The van der Waals surface area contributed by atoms with E-state index in [1.807, 2.05) is 10.5 Å². The molecular formula is C10H8N6. The van der Waals surface area contributed by atoms with Crippen LogP contribution in [0.2, 0.25) is 0 Å². The number of fused-ring (bicyclic) bond motifs is 1. The van der Waals surface area contributed by atoms with Gasteiger partial charge in [-0.15, -0.1) is 10.2 Å². The van der Waals surface area contributed by atoms with Gasteiger partial charge < -0.3 is 5.73 Å². The van der Waals surface area contributed by atoms with Gasteiger partial charge in [-0.05, 0) is 12.1 Å². The molecule has 3 heterocycles. The second-order valence-corrected chi connectivity index (χ2v) is 3.30. The smallest absolute Gasteiger partial charge is 0.179 e. The van der Waals surface area contributed by atoms with E-state index in [9.17, 15) is 0 Å². The Balaban J connectivity index is 2.22. The minimum absolute atomic E-state index is 0.485. The van der Waals surface area contributed by atoms with Gasteiger partial charge in [0, 0.05) is 24.2 Å². The molecule has 3 rings (SSSR count). The quantitative estimate of drug-likeness (QED) is 0.644. The molecule has 3 aromatic heterocycles. The number of hydrogen-bond donors (Lipinski definition) is 1. The van der Waals surface area contributed by atoms with Crippen molar-refractivity contribution in [3.63, 3.8) is 0 Å². The third-order valence-electron chi connectivity index (χ3n) is 2.26. The molecule has 0 amide bonds. The van der Waals surface area contributed by atoms with Crippen LogP contribution in [-0.4, -0.2) is 24.6 Å². The lowest BCUT2D eigenvalue weighted by molar-refractivity contribution is 1.10. The first-order valence-corrected chi connectivity index (χ1v) is 4.71. The van der Waals surface area contributed by atoms with Gasteiger partial charge in [0.15, 0.2) is 11.5 Å². The average molecular weight is 212 g/mol. The van der Waals surface area contributed by atoms with E-state index < -0.39 is 0 Å². The fraction of sp³-hybridized carbons (Fsp3) is 0. The Morgan fingerprint density at radius 3 is 2.88 bits per heavy atom. The zero-order chi connectivity index (χ0) is 11.0. The third-order valence-corrected chi connectivity index (χ3v) is 2.26. The summed E-state index contributed by atoms with van der Waals surface area (Å²) in [6, 6.07) is 3.59. The van der Waals surface area contributed by atoms with Crippen LogP contribution in [0.25, 0.3) is 17.0 Å². The Labute approximate surface area is 90.8 Å². The minimum Gasteiger partial charge on any atom is -0.384 e. The van der Waals surface area contributed by atoms with Gasteiger partial charge in [0.25, 0.3) is 0 Å². The molecule has 78 valence electrons. The molecule has 0 aliphatic heterocycles. The second-order valence-electron chi connectivity index (χ2n) is 3.30. The molecule has 0 atom stereocenters. The predicted molar refractivity (Wildman–Crippen MR) is 58.4 cm³/mol. The Morgan fingerprint density at radius 2 is 2.06 bits per heavy atom. The minimum atomic E-state index is 0.485. The summed E-state index contributed by atoms with van der Waals surface area (Å²) < 4.78 is 1.85. The summed E-state index contributed by atoms with van der Waals surface area (Å²) >= 11 is 0. The van der Waals surface area contributed by atoms with Gasteiger partial charge in [-0.25, -0.2) is 4.98 Å². The number of nitrogens with zero attached hydrogens (tertiary/aromatic N) is 5. The summed E-state index contributed by atoms with van der Waals surface area (Å²) in [5.74, 6) is 1.21. The number of hydrogen-bond acceptors (Lipinski definition) is 5. The van der Waals surface area contributed by atoms with E-state index in [2.05, 4.69) is 20.2 Å². The molecule has 3 aromatic rings. The zero-order valence-corrected chi connectivity index (χ0v) is 8.28. The highest BCUT2D eigenvalue weighted by Gasteiger charge is 2.07. The molecule has 0 radical (unpaired) electrons. The van der Waals surface area contributed by atoms with Crippen LogP contribution in [0, 0.1) is 0 Å². The van der Waals surface area contributed by atoms with Crippen molar-refractivity contribution in [3.8, 4) is 11.4 Å². The Kier molecular flexibility index (Phi) is 1.79. The van der Waals surface area contributed by atoms with Crippen LogP contribution in [0.4, 0.5) is 5.82 Å². The molecule has 16 heavy (non-hydrogen) atoms. The fourth-order valence-electron chi connectivity index (χ4n) is 1.49. The molecular weight excluding hydrogens is 204 g/mol. The maximum absolute atomic E-state index is 5.53. The molecule has 0 aliphatic carbocycles. The van der Waals surface area contributed by atoms with E-state index in [0.717, 1.165) is 11.4 Å². The average Bonchev–Trinajstić information content (AvgIpc) is 2.74. The maximum Gasteiger partial charge on any atom is 0.179 e. The van der Waals surface area contributed by atoms with E-state index in [1.54, 1.807) is 30.9 Å². The SMILES string of the molecule is Nc1ccc(-c2nnc3cnccn23)cn1. The van der Waals surface area contributed by atoms with Crippen LogP contribution in [-0.2, 0) is 0 Å². The molecule has 0 bridgehead atoms. The highest BCUT2D eigenvalue weighted by atomic mass is 15.2. The van der Waals surface area contributed by atoms with Gasteiger partial charge in [-0.3, -0.25) is 9.38 Å². The molecule has 0 aliphatic rings. The largest absolute Gasteiger partial charge is 0.384 e. The van der Waals surface area contributed by atoms with E-state index in [4.69, 9.17) is 5.73 Å². The molecule has 0 saturated heterocycles. The van der Waals surface area contributed by atoms with Crippen LogP contribution < -0.4 is 5.73 Å². The number of nitrogens with two attached hydrogens (primary N) is 1. The van der Waals surface area contributed by atoms with Crippen LogP contribution in [0.15, 0.2) is 36.9 Å². The van der Waals surface area contributed by atoms with Gasteiger partial charge in [0.2, 0.25) is 0 Å². The van der Waals surface area contributed by atoms with Crippen molar-refractivity contribution in [2.45, 2.75) is 0 Å². The monoisotopic (exact) mass is 212 g/mol. The standard InChI is InChI=1S/C10H8N6/c11-8-2-1-7(5-13-8)10-15-14-9-6-12-3-4-16(9)10/h1-6H,(H2,11,13). The number of nitrogen functional groups attached to an aromatic ring is 1. The number of anilines is 1. The lowest BCUT2D eigenvalue weighted by Crippen LogP contribution is -1.92. The molecule has 6 heteroatoms. The van der Waals surface area contributed by atoms with Crippen LogP contribution in [0.3, 0.4) is 0 Å². The predicted octanol–water partition coefficient (Wildman–Crippen LogP) is 0.768. The molecule has 0 unspecified atom stereocenters. The van der Waals surface area contributed by atoms with Crippen LogP contribution in [0.5, 0.6) is 0 Å². The van der Waals surface area contributed by atoms with Crippen LogP contribution >= 0.6 is 0 Å². The van der Waals surface area contributed by atoms with Crippen molar-refractivity contribution in [1.82, 2.24) is 24.6 Å². The van der Waals surface area contributed by atoms with E-state index >= 15 is 0 Å². The lowest BCUT2D eigenvalue weighted by Gasteiger charge is -1.98. The van der Waals surface area contributed by atoms with Crippen molar-refractivity contribution < 1.29 is 0 Å². The highest BCUT2D eigenvalue weighted by Crippen LogP contribution is 2.17. The van der Waals surface area contributed by atoms with Crippen LogP contribution in [0.1, 0.15) is 0 Å². The normalized spacial score (nSPS) is 10.8. The van der Waals surface area contributed by atoms with Crippen molar-refractivity contribution in [2.75, 3.05) is 5.73 Å². The zero-order valence-electron chi connectivity index (χ0n) is 8.28. The molecule has 6 nitrogen and oxygen atoms in total. The summed E-state index contributed by atoms with van der Waals surface area (Å²) in [6.45, 7) is 0. The van der Waals surface area contributed by atoms with E-state index in [-0.39, 0.29) is 0 Å². The van der Waals surface area contributed by atoms with Crippen molar-refractivity contribution >= 4 is 11.5 Å². The maximum atomic E-state index is 5.53. The first kappa shape index (κ1) is 8.78. The second kappa shape index (κ2) is 3.27. The first-order valence-electron chi connectivity index (χ1n) is 4.71. The Bertz CT molecular complexity index is 627. The molecule has 0 fully saturated rings. The molecule has 0 saturated carbocycles. The van der Waals surface area contributed by atoms with Gasteiger partial charge in [0.1, 0.15) is 5.82 Å². The molecule has 2 N–H and O–H groups in total. The summed E-state index contributed by atoms with van der Waals surface area (Å²) in [7, 11) is 0. The fourth-order valence-corrected chi connectivity index (χ4v) is 1.49. The lowest BCUT2D eigenvalue weighted by atomic mass is 10.2. The molecule has 0 spiro atoms. The first-order chi connectivity index (χ1) is 7.84. The van der Waals surface area contributed by atoms with Crippen molar-refractivity contribution in [1.29, 1.82) is 0 Å². The van der Waals surface area contributed by atoms with Gasteiger partial charge >= 0.3 is 0 Å². The molecule has 0 aromatic carbocycles. The van der Waals surface area contributed by atoms with Gasteiger partial charge in [0.05, 0.1) is 6.20 Å². The number of pyridine rings is 1. The summed E-state index contributed by atoms with van der Waals surface area (Å²) in [5.41, 5.74) is 7.10. The van der Waals surface area contributed by atoms with Gasteiger partial charge in [-0.1, -0.05) is 0 Å². The number of rotatable bonds is 1. The Morgan fingerprint density at radius 1 is 1.12 bits per heavy atom. The topological polar surface area (TPSA) is 82.0 Å². The summed E-state index contributed by atoms with van der Waals surface area (Å²) in [6.07, 6.45) is 6.82. The van der Waals surface area contributed by atoms with Crippen molar-refractivity contribution in [2.24, 2.45) is 0 Å². The van der Waals surface area contributed by atoms with Crippen molar-refractivity contribution in [3.05, 3.63) is 36.9 Å². The van der Waals surface area contributed by atoms with E-state index in [0.29, 0.717) is 11.5 Å². The van der Waals surface area contributed by atoms with E-state index in [1.165, 1.54) is 0 Å². The highest BCUT2D eigenvalue weighted by molar-refractivity contribution is 5.58. The summed E-state index contributed by atoms with van der Waals surface area (Å²) in [4.78, 5) is 8.00. The van der Waals surface area contributed by atoms with Gasteiger partial charge in [-0.2, -0.15) is 0 Å².